The van der Waals surface area contributed by atoms with Crippen molar-refractivity contribution in [3.63, 3.8) is 0 Å². The van der Waals surface area contributed by atoms with Gasteiger partial charge < -0.3 is 19.7 Å². The summed E-state index contributed by atoms with van der Waals surface area (Å²) >= 11 is 3.48. The third-order valence-corrected chi connectivity index (χ3v) is 5.04. The van der Waals surface area contributed by atoms with Gasteiger partial charge in [-0.2, -0.15) is 0 Å². The molecule has 144 valence electrons. The monoisotopic (exact) mass is 440 g/mol. The summed E-state index contributed by atoms with van der Waals surface area (Å²) in [4.78, 5) is 11.8. The molecule has 0 bridgehead atoms. The van der Waals surface area contributed by atoms with Gasteiger partial charge in [0.1, 0.15) is 17.4 Å². The van der Waals surface area contributed by atoms with Gasteiger partial charge in [-0.3, -0.25) is 0 Å². The number of hydrogen-bond acceptors (Lipinski definition) is 6. The Balaban J connectivity index is 1.68. The minimum atomic E-state index is 0.688. The number of halogens is 1. The molecule has 0 amide bonds. The summed E-state index contributed by atoms with van der Waals surface area (Å²) in [5.74, 6) is 3.15. The summed E-state index contributed by atoms with van der Waals surface area (Å²) in [5, 5.41) is 3.38. The number of ether oxygens (including phenoxy) is 2. The first-order chi connectivity index (χ1) is 13.7. The van der Waals surface area contributed by atoms with E-state index in [1.165, 1.54) is 0 Å². The predicted octanol–water partition coefficient (Wildman–Crippen LogP) is 4.49. The fraction of sp³-hybridized carbons (Fsp3) is 0.238. The molecule has 1 saturated heterocycles. The molecule has 1 aliphatic heterocycles. The zero-order valence-corrected chi connectivity index (χ0v) is 17.1. The van der Waals surface area contributed by atoms with Crippen molar-refractivity contribution in [2.75, 3.05) is 43.6 Å². The molecule has 0 aliphatic carbocycles. The lowest BCUT2D eigenvalue weighted by molar-refractivity contribution is 0.122. The van der Waals surface area contributed by atoms with Gasteiger partial charge in [-0.1, -0.05) is 28.1 Å². The molecule has 1 N–H and O–H groups in total. The lowest BCUT2D eigenvalue weighted by Crippen LogP contribution is -2.36. The summed E-state index contributed by atoms with van der Waals surface area (Å²) in [6.07, 6.45) is 0. The molecule has 0 unspecified atom stereocenters. The van der Waals surface area contributed by atoms with Gasteiger partial charge in [-0.05, 0) is 36.4 Å². The number of benzene rings is 2. The van der Waals surface area contributed by atoms with E-state index in [2.05, 4.69) is 26.1 Å². The summed E-state index contributed by atoms with van der Waals surface area (Å²) in [5.41, 5.74) is 1.91. The maximum atomic E-state index is 5.48. The van der Waals surface area contributed by atoms with E-state index in [-0.39, 0.29) is 0 Å². The van der Waals surface area contributed by atoms with Crippen LogP contribution in [-0.4, -0.2) is 43.4 Å². The fourth-order valence-corrected chi connectivity index (χ4v) is 3.27. The van der Waals surface area contributed by atoms with Gasteiger partial charge in [0, 0.05) is 34.9 Å². The Morgan fingerprint density at radius 1 is 1.00 bits per heavy atom. The van der Waals surface area contributed by atoms with E-state index in [1.54, 1.807) is 7.11 Å². The van der Waals surface area contributed by atoms with Crippen molar-refractivity contribution in [2.45, 2.75) is 0 Å². The largest absolute Gasteiger partial charge is 0.497 e. The Kier molecular flexibility index (Phi) is 5.73. The molecule has 3 aromatic rings. The van der Waals surface area contributed by atoms with Crippen molar-refractivity contribution in [3.8, 4) is 17.1 Å². The third-order valence-electron chi connectivity index (χ3n) is 4.51. The number of nitrogens with one attached hydrogen (secondary N) is 1. The summed E-state index contributed by atoms with van der Waals surface area (Å²) in [6.45, 7) is 3.05. The zero-order chi connectivity index (χ0) is 19.3. The molecule has 2 aromatic carbocycles. The van der Waals surface area contributed by atoms with E-state index in [4.69, 9.17) is 19.4 Å². The molecule has 4 rings (SSSR count). The summed E-state index contributed by atoms with van der Waals surface area (Å²) in [7, 11) is 1.66. The van der Waals surface area contributed by atoms with E-state index in [1.807, 2.05) is 54.6 Å². The van der Waals surface area contributed by atoms with Crippen LogP contribution in [0.25, 0.3) is 11.4 Å². The van der Waals surface area contributed by atoms with Crippen LogP contribution in [-0.2, 0) is 4.74 Å². The number of methoxy groups -OCH3 is 1. The van der Waals surface area contributed by atoms with Gasteiger partial charge in [0.15, 0.2) is 5.82 Å². The minimum absolute atomic E-state index is 0.688. The van der Waals surface area contributed by atoms with Gasteiger partial charge in [-0.15, -0.1) is 0 Å². The molecule has 0 spiro atoms. The fourth-order valence-electron chi connectivity index (χ4n) is 3.00. The number of aromatic nitrogens is 2. The number of morpholine rings is 1. The first-order valence-corrected chi connectivity index (χ1v) is 9.89. The molecule has 7 heteroatoms. The van der Waals surface area contributed by atoms with Gasteiger partial charge in [0.05, 0.1) is 20.3 Å². The minimum Gasteiger partial charge on any atom is -0.497 e. The molecule has 1 fully saturated rings. The molecule has 2 heterocycles. The van der Waals surface area contributed by atoms with Crippen LogP contribution in [0.3, 0.4) is 0 Å². The van der Waals surface area contributed by atoms with E-state index in [0.717, 1.165) is 46.2 Å². The number of nitrogens with zero attached hydrogens (tertiary/aromatic N) is 3. The number of hydrogen-bond donors (Lipinski definition) is 1. The molecule has 6 nitrogen and oxygen atoms in total. The average molecular weight is 441 g/mol. The second-order valence-electron chi connectivity index (χ2n) is 6.39. The molecule has 28 heavy (non-hydrogen) atoms. The first-order valence-electron chi connectivity index (χ1n) is 9.10. The summed E-state index contributed by atoms with van der Waals surface area (Å²) in [6, 6.07) is 17.8. The maximum Gasteiger partial charge on any atom is 0.163 e. The zero-order valence-electron chi connectivity index (χ0n) is 15.6. The Labute approximate surface area is 172 Å². The number of anilines is 3. The van der Waals surface area contributed by atoms with Crippen LogP contribution < -0.4 is 15.0 Å². The number of rotatable bonds is 5. The molecule has 1 aliphatic rings. The Hall–Kier alpha value is -2.64. The van der Waals surface area contributed by atoms with Crippen LogP contribution in [0.4, 0.5) is 17.3 Å². The average Bonchev–Trinajstić information content (AvgIpc) is 2.75. The predicted molar refractivity (Wildman–Crippen MR) is 114 cm³/mol. The van der Waals surface area contributed by atoms with Gasteiger partial charge >= 0.3 is 0 Å². The summed E-state index contributed by atoms with van der Waals surface area (Å²) < 4.78 is 11.7. The van der Waals surface area contributed by atoms with Gasteiger partial charge in [0.25, 0.3) is 0 Å². The highest BCUT2D eigenvalue weighted by atomic mass is 79.9. The van der Waals surface area contributed by atoms with Crippen LogP contribution in [0.1, 0.15) is 0 Å². The van der Waals surface area contributed by atoms with E-state index in [0.29, 0.717) is 19.0 Å². The van der Waals surface area contributed by atoms with E-state index in [9.17, 15) is 0 Å². The molecule has 0 saturated carbocycles. The van der Waals surface area contributed by atoms with Gasteiger partial charge in [0.2, 0.25) is 0 Å². The second-order valence-corrected chi connectivity index (χ2v) is 7.31. The smallest absolute Gasteiger partial charge is 0.163 e. The standard InChI is InChI=1S/C21H21BrN4O2/c1-27-18-8-6-17(7-9-18)23-19-14-20(26-10-12-28-13-11-26)25-21(24-19)15-2-4-16(22)5-3-15/h2-9,14H,10-13H2,1H3,(H,23,24,25). The van der Waals surface area contributed by atoms with Crippen molar-refractivity contribution in [1.82, 2.24) is 9.97 Å². The highest BCUT2D eigenvalue weighted by molar-refractivity contribution is 9.10. The maximum absolute atomic E-state index is 5.48. The molecule has 1 aromatic heterocycles. The first kappa shape index (κ1) is 18.7. The van der Waals surface area contributed by atoms with Crippen molar-refractivity contribution in [1.29, 1.82) is 0 Å². The van der Waals surface area contributed by atoms with Crippen LogP contribution in [0, 0.1) is 0 Å². The topological polar surface area (TPSA) is 59.5 Å². The normalized spacial score (nSPS) is 14.0. The van der Waals surface area contributed by atoms with E-state index < -0.39 is 0 Å². The molecular formula is C21H21BrN4O2. The molecule has 0 radical (unpaired) electrons. The Morgan fingerprint density at radius 2 is 1.71 bits per heavy atom. The third kappa shape index (κ3) is 4.43. The molecule has 0 atom stereocenters. The van der Waals surface area contributed by atoms with Gasteiger partial charge in [-0.25, -0.2) is 9.97 Å². The van der Waals surface area contributed by atoms with Crippen molar-refractivity contribution < 1.29 is 9.47 Å². The van der Waals surface area contributed by atoms with Crippen LogP contribution in [0.15, 0.2) is 59.1 Å². The highest BCUT2D eigenvalue weighted by Gasteiger charge is 2.16. The SMILES string of the molecule is COc1ccc(Nc2cc(N3CCOCC3)nc(-c3ccc(Br)cc3)n2)cc1. The highest BCUT2D eigenvalue weighted by Crippen LogP contribution is 2.26. The van der Waals surface area contributed by atoms with Crippen LogP contribution in [0.2, 0.25) is 0 Å². The second kappa shape index (κ2) is 8.58. The van der Waals surface area contributed by atoms with Crippen molar-refractivity contribution >= 4 is 33.3 Å². The van der Waals surface area contributed by atoms with Crippen LogP contribution in [0.5, 0.6) is 5.75 Å². The molecular weight excluding hydrogens is 420 g/mol. The van der Waals surface area contributed by atoms with Crippen molar-refractivity contribution in [2.24, 2.45) is 0 Å². The van der Waals surface area contributed by atoms with E-state index >= 15 is 0 Å². The Bertz CT molecular complexity index is 926. The Morgan fingerprint density at radius 3 is 2.39 bits per heavy atom. The lowest BCUT2D eigenvalue weighted by Gasteiger charge is -2.28. The quantitative estimate of drug-likeness (QED) is 0.630. The van der Waals surface area contributed by atoms with Crippen molar-refractivity contribution in [3.05, 3.63) is 59.1 Å². The van der Waals surface area contributed by atoms with Crippen LogP contribution >= 0.6 is 15.9 Å². The lowest BCUT2D eigenvalue weighted by atomic mass is 10.2.